The van der Waals surface area contributed by atoms with Gasteiger partial charge < -0.3 is 14.6 Å². The standard InChI is InChI=1S/C18H24O4/c1-13(2)6-5-7-14(3)10-11-22-17-12-15(18(19)20)8-9-16(17)21-4/h6,8-10,12H,5,7,11H2,1-4H3,(H,19,20)/b14-10+. The molecule has 0 saturated carbocycles. The van der Waals surface area contributed by atoms with Gasteiger partial charge in [-0.05, 0) is 57.9 Å². The summed E-state index contributed by atoms with van der Waals surface area (Å²) in [6, 6.07) is 4.58. The Hall–Kier alpha value is -2.23. The quantitative estimate of drug-likeness (QED) is 0.720. The van der Waals surface area contributed by atoms with Gasteiger partial charge >= 0.3 is 5.97 Å². The van der Waals surface area contributed by atoms with Gasteiger partial charge in [-0.25, -0.2) is 4.79 Å². The lowest BCUT2D eigenvalue weighted by molar-refractivity contribution is 0.0696. The Kier molecular flexibility index (Phi) is 7.23. The second kappa shape index (κ2) is 8.93. The first-order valence-electron chi connectivity index (χ1n) is 7.27. The summed E-state index contributed by atoms with van der Waals surface area (Å²) in [5.74, 6) is -0.0164. The molecule has 0 aromatic heterocycles. The molecule has 0 aliphatic carbocycles. The van der Waals surface area contributed by atoms with Crippen LogP contribution in [-0.2, 0) is 0 Å². The molecular formula is C18H24O4. The first kappa shape index (κ1) is 17.8. The highest BCUT2D eigenvalue weighted by atomic mass is 16.5. The van der Waals surface area contributed by atoms with Crippen LogP contribution in [0.25, 0.3) is 0 Å². The molecular weight excluding hydrogens is 280 g/mol. The molecule has 4 heteroatoms. The highest BCUT2D eigenvalue weighted by molar-refractivity contribution is 5.88. The molecule has 0 aliphatic rings. The van der Waals surface area contributed by atoms with Crippen molar-refractivity contribution in [3.63, 3.8) is 0 Å². The summed E-state index contributed by atoms with van der Waals surface area (Å²) in [6.07, 6.45) is 6.21. The van der Waals surface area contributed by atoms with Crippen molar-refractivity contribution in [2.75, 3.05) is 13.7 Å². The van der Waals surface area contributed by atoms with Crippen LogP contribution in [0.4, 0.5) is 0 Å². The summed E-state index contributed by atoms with van der Waals surface area (Å²) in [5.41, 5.74) is 2.74. The van der Waals surface area contributed by atoms with Crippen LogP contribution in [-0.4, -0.2) is 24.8 Å². The van der Waals surface area contributed by atoms with Crippen molar-refractivity contribution in [3.8, 4) is 11.5 Å². The molecule has 0 fully saturated rings. The highest BCUT2D eigenvalue weighted by Gasteiger charge is 2.09. The van der Waals surface area contributed by atoms with Crippen LogP contribution in [0.1, 0.15) is 44.0 Å². The number of hydrogen-bond donors (Lipinski definition) is 1. The van der Waals surface area contributed by atoms with Gasteiger partial charge in [-0.3, -0.25) is 0 Å². The topological polar surface area (TPSA) is 55.8 Å². The molecule has 0 saturated heterocycles. The summed E-state index contributed by atoms with van der Waals surface area (Å²) in [4.78, 5) is 11.0. The number of carboxylic acids is 1. The minimum atomic E-state index is -0.985. The molecule has 0 heterocycles. The van der Waals surface area contributed by atoms with Crippen LogP contribution in [0.5, 0.6) is 11.5 Å². The van der Waals surface area contributed by atoms with Gasteiger partial charge in [0, 0.05) is 0 Å². The fourth-order valence-corrected chi connectivity index (χ4v) is 1.89. The van der Waals surface area contributed by atoms with Crippen molar-refractivity contribution in [2.24, 2.45) is 0 Å². The van der Waals surface area contributed by atoms with Gasteiger partial charge in [-0.2, -0.15) is 0 Å². The van der Waals surface area contributed by atoms with Gasteiger partial charge in [0.2, 0.25) is 0 Å². The maximum absolute atomic E-state index is 11.0. The van der Waals surface area contributed by atoms with Crippen molar-refractivity contribution < 1.29 is 19.4 Å². The fourth-order valence-electron chi connectivity index (χ4n) is 1.89. The average molecular weight is 304 g/mol. The summed E-state index contributed by atoms with van der Waals surface area (Å²) in [7, 11) is 1.53. The van der Waals surface area contributed by atoms with Gasteiger partial charge in [0.1, 0.15) is 6.61 Å². The lowest BCUT2D eigenvalue weighted by Crippen LogP contribution is -2.01. The van der Waals surface area contributed by atoms with Crippen LogP contribution in [0.3, 0.4) is 0 Å². The van der Waals surface area contributed by atoms with Gasteiger partial charge in [-0.15, -0.1) is 0 Å². The number of methoxy groups -OCH3 is 1. The number of allylic oxidation sites excluding steroid dienone is 3. The van der Waals surface area contributed by atoms with E-state index in [0.29, 0.717) is 18.1 Å². The van der Waals surface area contributed by atoms with E-state index in [4.69, 9.17) is 14.6 Å². The second-order valence-corrected chi connectivity index (χ2v) is 5.35. The zero-order valence-corrected chi connectivity index (χ0v) is 13.7. The van der Waals surface area contributed by atoms with Crippen LogP contribution in [0, 0.1) is 0 Å². The van der Waals surface area contributed by atoms with E-state index in [1.54, 1.807) is 6.07 Å². The molecule has 4 nitrogen and oxygen atoms in total. The van der Waals surface area contributed by atoms with Crippen molar-refractivity contribution in [1.82, 2.24) is 0 Å². The van der Waals surface area contributed by atoms with E-state index in [2.05, 4.69) is 26.8 Å². The number of hydrogen-bond acceptors (Lipinski definition) is 3. The van der Waals surface area contributed by atoms with E-state index < -0.39 is 5.97 Å². The van der Waals surface area contributed by atoms with E-state index in [1.165, 1.54) is 30.4 Å². The Bertz CT molecular complexity index is 566. The third-order valence-electron chi connectivity index (χ3n) is 3.17. The Morgan fingerprint density at radius 2 is 1.91 bits per heavy atom. The molecule has 1 N–H and O–H groups in total. The minimum absolute atomic E-state index is 0.181. The monoisotopic (exact) mass is 304 g/mol. The van der Waals surface area contributed by atoms with Gasteiger partial charge in [-0.1, -0.05) is 17.2 Å². The van der Waals surface area contributed by atoms with Crippen LogP contribution < -0.4 is 9.47 Å². The zero-order chi connectivity index (χ0) is 16.5. The predicted octanol–water partition coefficient (Wildman–Crippen LogP) is 4.46. The molecule has 0 aliphatic heterocycles. The van der Waals surface area contributed by atoms with Gasteiger partial charge in [0.05, 0.1) is 12.7 Å². The Morgan fingerprint density at radius 3 is 2.50 bits per heavy atom. The molecule has 1 rings (SSSR count). The van der Waals surface area contributed by atoms with Gasteiger partial charge in [0.15, 0.2) is 11.5 Å². The fraction of sp³-hybridized carbons (Fsp3) is 0.389. The molecule has 1 aromatic carbocycles. The average Bonchev–Trinajstić information content (AvgIpc) is 2.46. The molecule has 0 unspecified atom stereocenters. The lowest BCUT2D eigenvalue weighted by Gasteiger charge is -2.10. The number of rotatable bonds is 8. The Morgan fingerprint density at radius 1 is 1.18 bits per heavy atom. The summed E-state index contributed by atoms with van der Waals surface area (Å²) in [6.45, 7) is 6.63. The highest BCUT2D eigenvalue weighted by Crippen LogP contribution is 2.28. The summed E-state index contributed by atoms with van der Waals surface area (Å²) < 4.78 is 10.8. The molecule has 0 spiro atoms. The first-order valence-corrected chi connectivity index (χ1v) is 7.27. The smallest absolute Gasteiger partial charge is 0.335 e. The van der Waals surface area contributed by atoms with E-state index >= 15 is 0 Å². The largest absolute Gasteiger partial charge is 0.493 e. The Balaban J connectivity index is 2.65. The van der Waals surface area contributed by atoms with E-state index in [0.717, 1.165) is 12.8 Å². The first-order chi connectivity index (χ1) is 10.4. The molecule has 120 valence electrons. The second-order valence-electron chi connectivity index (χ2n) is 5.35. The van der Waals surface area contributed by atoms with E-state index in [9.17, 15) is 4.79 Å². The molecule has 22 heavy (non-hydrogen) atoms. The maximum atomic E-state index is 11.0. The Labute approximate surface area is 132 Å². The lowest BCUT2D eigenvalue weighted by atomic mass is 10.1. The number of carboxylic acid groups (broad SMARTS) is 1. The number of benzene rings is 1. The van der Waals surface area contributed by atoms with Gasteiger partial charge in [0.25, 0.3) is 0 Å². The molecule has 0 atom stereocenters. The van der Waals surface area contributed by atoms with Crippen molar-refractivity contribution in [1.29, 1.82) is 0 Å². The predicted molar refractivity (Wildman–Crippen MR) is 87.9 cm³/mol. The van der Waals surface area contributed by atoms with Crippen molar-refractivity contribution in [2.45, 2.75) is 33.6 Å². The van der Waals surface area contributed by atoms with Crippen LogP contribution in [0.2, 0.25) is 0 Å². The van der Waals surface area contributed by atoms with Crippen molar-refractivity contribution >= 4 is 5.97 Å². The molecule has 0 bridgehead atoms. The van der Waals surface area contributed by atoms with Crippen molar-refractivity contribution in [3.05, 3.63) is 47.1 Å². The molecule has 0 amide bonds. The zero-order valence-electron chi connectivity index (χ0n) is 13.7. The molecule has 1 aromatic rings. The third-order valence-corrected chi connectivity index (χ3v) is 3.17. The minimum Gasteiger partial charge on any atom is -0.493 e. The maximum Gasteiger partial charge on any atom is 0.335 e. The number of carbonyl (C=O) groups is 1. The summed E-state index contributed by atoms with van der Waals surface area (Å²) >= 11 is 0. The number of aromatic carboxylic acids is 1. The normalized spacial score (nSPS) is 11.0. The van der Waals surface area contributed by atoms with Crippen LogP contribution >= 0.6 is 0 Å². The third kappa shape index (κ3) is 6.04. The van der Waals surface area contributed by atoms with E-state index in [-0.39, 0.29) is 5.56 Å². The summed E-state index contributed by atoms with van der Waals surface area (Å²) in [5, 5.41) is 9.01. The van der Waals surface area contributed by atoms with E-state index in [1.807, 2.05) is 6.08 Å². The number of ether oxygens (including phenoxy) is 2. The molecule has 0 radical (unpaired) electrons. The van der Waals surface area contributed by atoms with Crippen LogP contribution in [0.15, 0.2) is 41.5 Å². The SMILES string of the molecule is COc1ccc(C(=O)O)cc1OC/C=C(\C)CCC=C(C)C.